The van der Waals surface area contributed by atoms with Crippen molar-refractivity contribution in [2.75, 3.05) is 19.0 Å². The molecule has 0 rings (SSSR count). The molecule has 0 radical (unpaired) electrons. The Morgan fingerprint density at radius 2 is 1.92 bits per heavy atom. The Labute approximate surface area is 76.7 Å². The molecule has 70 valence electrons. The fraction of sp³-hybridized carbons (Fsp3) is 0.714. The number of halogens is 1. The molecule has 0 bridgehead atoms. The molecule has 2 amide bonds. The first-order valence-corrected chi connectivity index (χ1v) is 4.33. The summed E-state index contributed by atoms with van der Waals surface area (Å²) in [5, 5.41) is 4.99. The van der Waals surface area contributed by atoms with Gasteiger partial charge in [0, 0.05) is 18.8 Å². The number of carbonyl (C=O) groups excluding carboxylic acids is 2. The lowest BCUT2D eigenvalue weighted by Gasteiger charge is -2.03. The number of rotatable bonds is 5. The van der Waals surface area contributed by atoms with Gasteiger partial charge >= 0.3 is 0 Å². The van der Waals surface area contributed by atoms with Gasteiger partial charge in [0.25, 0.3) is 0 Å². The van der Waals surface area contributed by atoms with E-state index < -0.39 is 0 Å². The third-order valence-corrected chi connectivity index (χ3v) is 1.33. The van der Waals surface area contributed by atoms with E-state index in [9.17, 15) is 9.59 Å². The lowest BCUT2D eigenvalue weighted by Crippen LogP contribution is -2.36. The van der Waals surface area contributed by atoms with Gasteiger partial charge < -0.3 is 10.6 Å². The SMILES string of the molecule is CCNC(=O)CNC(=O)CCCl. The summed E-state index contributed by atoms with van der Waals surface area (Å²) in [6, 6.07) is 0. The Morgan fingerprint density at radius 3 is 2.42 bits per heavy atom. The maximum Gasteiger partial charge on any atom is 0.239 e. The second-order valence-electron chi connectivity index (χ2n) is 2.17. The van der Waals surface area contributed by atoms with Crippen LogP contribution < -0.4 is 10.6 Å². The number of nitrogens with one attached hydrogen (secondary N) is 2. The fourth-order valence-electron chi connectivity index (χ4n) is 0.613. The predicted octanol–water partition coefficient (Wildman–Crippen LogP) is -0.132. The number of hydrogen-bond donors (Lipinski definition) is 2. The van der Waals surface area contributed by atoms with Crippen LogP contribution in [0.15, 0.2) is 0 Å². The lowest BCUT2D eigenvalue weighted by molar-refractivity contribution is -0.125. The minimum Gasteiger partial charge on any atom is -0.355 e. The highest BCUT2D eigenvalue weighted by Gasteiger charge is 2.02. The van der Waals surface area contributed by atoms with E-state index in [0.29, 0.717) is 6.54 Å². The van der Waals surface area contributed by atoms with Crippen LogP contribution in [0.3, 0.4) is 0 Å². The summed E-state index contributed by atoms with van der Waals surface area (Å²) in [7, 11) is 0. The van der Waals surface area contributed by atoms with E-state index in [4.69, 9.17) is 11.6 Å². The van der Waals surface area contributed by atoms with Crippen LogP contribution in [0.2, 0.25) is 0 Å². The highest BCUT2D eigenvalue weighted by atomic mass is 35.5. The second kappa shape index (κ2) is 6.91. The average molecular weight is 193 g/mol. The van der Waals surface area contributed by atoms with Crippen molar-refractivity contribution in [1.29, 1.82) is 0 Å². The van der Waals surface area contributed by atoms with Crippen molar-refractivity contribution in [3.8, 4) is 0 Å². The van der Waals surface area contributed by atoms with Gasteiger partial charge in [0.1, 0.15) is 0 Å². The molecule has 0 aliphatic heterocycles. The van der Waals surface area contributed by atoms with E-state index in [1.165, 1.54) is 0 Å². The maximum absolute atomic E-state index is 10.8. The van der Waals surface area contributed by atoms with Gasteiger partial charge in [0.05, 0.1) is 6.54 Å². The average Bonchev–Trinajstić information content (AvgIpc) is 2.02. The van der Waals surface area contributed by atoms with Crippen LogP contribution in [0, 0.1) is 0 Å². The molecule has 0 atom stereocenters. The molecule has 0 saturated carbocycles. The summed E-state index contributed by atoms with van der Waals surface area (Å²) in [4.78, 5) is 21.6. The summed E-state index contributed by atoms with van der Waals surface area (Å²) in [6.45, 7) is 2.42. The fourth-order valence-corrected chi connectivity index (χ4v) is 0.784. The molecule has 12 heavy (non-hydrogen) atoms. The Balaban J connectivity index is 3.40. The zero-order chi connectivity index (χ0) is 9.40. The minimum absolute atomic E-state index is 0.0313. The van der Waals surface area contributed by atoms with E-state index in [1.807, 2.05) is 6.92 Å². The zero-order valence-corrected chi connectivity index (χ0v) is 7.78. The van der Waals surface area contributed by atoms with E-state index in [1.54, 1.807) is 0 Å². The second-order valence-corrected chi connectivity index (χ2v) is 2.55. The molecular weight excluding hydrogens is 180 g/mol. The topological polar surface area (TPSA) is 58.2 Å². The van der Waals surface area contributed by atoms with Gasteiger partial charge in [-0.1, -0.05) is 0 Å². The van der Waals surface area contributed by atoms with Crippen LogP contribution in [-0.4, -0.2) is 30.8 Å². The predicted molar refractivity (Wildman–Crippen MR) is 47.0 cm³/mol. The number of hydrogen-bond acceptors (Lipinski definition) is 2. The first-order chi connectivity index (χ1) is 5.70. The molecule has 0 heterocycles. The number of amides is 2. The van der Waals surface area contributed by atoms with Gasteiger partial charge in [-0.15, -0.1) is 11.6 Å². The molecular formula is C7H13ClN2O2. The Hall–Kier alpha value is -0.770. The quantitative estimate of drug-likeness (QED) is 0.597. The minimum atomic E-state index is -0.198. The summed E-state index contributed by atoms with van der Waals surface area (Å²) in [6.07, 6.45) is 0.251. The Kier molecular flexibility index (Phi) is 6.47. The molecule has 5 heteroatoms. The molecule has 0 aromatic heterocycles. The molecule has 2 N–H and O–H groups in total. The van der Waals surface area contributed by atoms with Crippen LogP contribution in [0.1, 0.15) is 13.3 Å². The van der Waals surface area contributed by atoms with Crippen molar-refractivity contribution in [2.24, 2.45) is 0 Å². The normalized spacial score (nSPS) is 9.17. The van der Waals surface area contributed by atoms with Crippen LogP contribution in [0.25, 0.3) is 0 Å². The van der Waals surface area contributed by atoms with Crippen molar-refractivity contribution >= 4 is 23.4 Å². The van der Waals surface area contributed by atoms with Crippen molar-refractivity contribution in [1.82, 2.24) is 10.6 Å². The Bertz CT molecular complexity index is 143. The van der Waals surface area contributed by atoms with Crippen molar-refractivity contribution in [3.63, 3.8) is 0 Å². The molecule has 0 aliphatic carbocycles. The van der Waals surface area contributed by atoms with Gasteiger partial charge in [-0.2, -0.15) is 0 Å². The monoisotopic (exact) mass is 192 g/mol. The summed E-state index contributed by atoms with van der Waals surface area (Å²) < 4.78 is 0. The Morgan fingerprint density at radius 1 is 1.25 bits per heavy atom. The molecule has 0 aromatic rings. The van der Waals surface area contributed by atoms with Crippen LogP contribution >= 0.6 is 11.6 Å². The van der Waals surface area contributed by atoms with E-state index in [0.717, 1.165) is 0 Å². The van der Waals surface area contributed by atoms with Gasteiger partial charge in [-0.3, -0.25) is 9.59 Å². The molecule has 0 aromatic carbocycles. The first kappa shape index (κ1) is 11.2. The third kappa shape index (κ3) is 5.97. The number of alkyl halides is 1. The van der Waals surface area contributed by atoms with Gasteiger partial charge in [0.2, 0.25) is 11.8 Å². The molecule has 0 fully saturated rings. The number of carbonyl (C=O) groups is 2. The number of likely N-dealkylation sites (N-methyl/N-ethyl adjacent to an activating group) is 1. The highest BCUT2D eigenvalue weighted by molar-refractivity contribution is 6.18. The summed E-state index contributed by atoms with van der Waals surface area (Å²) in [5.74, 6) is -0.0991. The van der Waals surface area contributed by atoms with Crippen molar-refractivity contribution in [3.05, 3.63) is 0 Å². The largest absolute Gasteiger partial charge is 0.355 e. The summed E-state index contributed by atoms with van der Waals surface area (Å²) >= 11 is 5.31. The standard InChI is InChI=1S/C7H13ClN2O2/c1-2-9-7(12)5-10-6(11)3-4-8/h2-5H2,1H3,(H,9,12)(H,10,11). The van der Waals surface area contributed by atoms with E-state index in [-0.39, 0.29) is 30.7 Å². The van der Waals surface area contributed by atoms with Crippen molar-refractivity contribution in [2.45, 2.75) is 13.3 Å². The van der Waals surface area contributed by atoms with Crippen LogP contribution in [-0.2, 0) is 9.59 Å². The van der Waals surface area contributed by atoms with Gasteiger partial charge in [-0.25, -0.2) is 0 Å². The molecule has 0 unspecified atom stereocenters. The van der Waals surface area contributed by atoms with Gasteiger partial charge in [-0.05, 0) is 6.92 Å². The van der Waals surface area contributed by atoms with E-state index >= 15 is 0 Å². The van der Waals surface area contributed by atoms with Gasteiger partial charge in [0.15, 0.2) is 0 Å². The molecule has 0 spiro atoms. The highest BCUT2D eigenvalue weighted by Crippen LogP contribution is 1.82. The maximum atomic E-state index is 10.8. The summed E-state index contributed by atoms with van der Waals surface area (Å²) in [5.41, 5.74) is 0. The molecule has 0 saturated heterocycles. The molecule has 0 aliphatic rings. The lowest BCUT2D eigenvalue weighted by atomic mass is 10.4. The third-order valence-electron chi connectivity index (χ3n) is 1.14. The molecule has 4 nitrogen and oxygen atoms in total. The first-order valence-electron chi connectivity index (χ1n) is 3.80. The smallest absolute Gasteiger partial charge is 0.239 e. The zero-order valence-electron chi connectivity index (χ0n) is 7.02. The van der Waals surface area contributed by atoms with E-state index in [2.05, 4.69) is 10.6 Å². The van der Waals surface area contributed by atoms with Crippen LogP contribution in [0.5, 0.6) is 0 Å². The van der Waals surface area contributed by atoms with Crippen molar-refractivity contribution < 1.29 is 9.59 Å². The van der Waals surface area contributed by atoms with Crippen LogP contribution in [0.4, 0.5) is 0 Å².